The average molecular weight is 419 g/mol. The first-order chi connectivity index (χ1) is 12.2. The number of ether oxygens (including phenoxy) is 1. The van der Waals surface area contributed by atoms with E-state index in [0.29, 0.717) is 12.3 Å². The van der Waals surface area contributed by atoms with E-state index in [0.717, 1.165) is 39.2 Å². The third kappa shape index (κ3) is 4.64. The minimum atomic E-state index is 0.0588. The molecule has 1 aliphatic heterocycles. The molecule has 0 aliphatic carbocycles. The molecule has 0 spiro atoms. The van der Waals surface area contributed by atoms with Crippen molar-refractivity contribution < 1.29 is 9.53 Å². The van der Waals surface area contributed by atoms with E-state index < -0.39 is 0 Å². The number of thioether (sulfide) groups is 1. The van der Waals surface area contributed by atoms with Crippen LogP contribution in [-0.2, 0) is 10.5 Å². The van der Waals surface area contributed by atoms with Gasteiger partial charge >= 0.3 is 0 Å². The highest BCUT2D eigenvalue weighted by Crippen LogP contribution is 2.27. The molecule has 0 fully saturated rings. The average Bonchev–Trinajstić information content (AvgIpc) is 3.13. The number of methoxy groups -OCH3 is 1. The SMILES string of the molecule is COc1ccc(CSCC(=O)N2CCC(c3ccccc3)=N2)cc1Br. The Bertz CT molecular complexity index is 780. The molecule has 0 N–H and O–H groups in total. The highest BCUT2D eigenvalue weighted by molar-refractivity contribution is 9.10. The molecule has 130 valence electrons. The zero-order chi connectivity index (χ0) is 17.6. The van der Waals surface area contributed by atoms with Crippen molar-refractivity contribution >= 4 is 39.3 Å². The first-order valence-corrected chi connectivity index (χ1v) is 9.95. The van der Waals surface area contributed by atoms with Crippen LogP contribution in [-0.4, -0.2) is 36.0 Å². The first kappa shape index (κ1) is 18.0. The third-order valence-corrected chi connectivity index (χ3v) is 5.52. The molecule has 0 saturated carbocycles. The van der Waals surface area contributed by atoms with Gasteiger partial charge in [-0.1, -0.05) is 36.4 Å². The van der Waals surface area contributed by atoms with Gasteiger partial charge < -0.3 is 4.74 Å². The van der Waals surface area contributed by atoms with Gasteiger partial charge in [0.25, 0.3) is 5.91 Å². The number of amides is 1. The number of carbonyl (C=O) groups is 1. The number of carbonyl (C=O) groups excluding carboxylic acids is 1. The number of rotatable bonds is 6. The van der Waals surface area contributed by atoms with Crippen molar-refractivity contribution in [2.45, 2.75) is 12.2 Å². The lowest BCUT2D eigenvalue weighted by molar-refractivity contribution is -0.127. The molecular weight excluding hydrogens is 400 g/mol. The van der Waals surface area contributed by atoms with Crippen LogP contribution in [0.2, 0.25) is 0 Å². The molecule has 6 heteroatoms. The van der Waals surface area contributed by atoms with E-state index >= 15 is 0 Å². The highest BCUT2D eigenvalue weighted by atomic mass is 79.9. The normalized spacial score (nSPS) is 13.7. The largest absolute Gasteiger partial charge is 0.496 e. The number of hydrogen-bond donors (Lipinski definition) is 0. The maximum atomic E-state index is 12.3. The van der Waals surface area contributed by atoms with Crippen molar-refractivity contribution in [3.63, 3.8) is 0 Å². The smallest absolute Gasteiger partial charge is 0.252 e. The lowest BCUT2D eigenvalue weighted by atomic mass is 10.1. The number of hydrogen-bond acceptors (Lipinski definition) is 4. The van der Waals surface area contributed by atoms with Crippen LogP contribution in [0.25, 0.3) is 0 Å². The quantitative estimate of drug-likeness (QED) is 0.700. The Balaban J connectivity index is 1.52. The molecule has 25 heavy (non-hydrogen) atoms. The van der Waals surface area contributed by atoms with Gasteiger partial charge in [-0.3, -0.25) is 4.79 Å². The number of benzene rings is 2. The Morgan fingerprint density at radius 1 is 1.28 bits per heavy atom. The van der Waals surface area contributed by atoms with Crippen molar-refractivity contribution in [2.24, 2.45) is 5.10 Å². The Morgan fingerprint density at radius 3 is 2.80 bits per heavy atom. The second kappa shape index (κ2) is 8.54. The van der Waals surface area contributed by atoms with Gasteiger partial charge in [0, 0.05) is 12.2 Å². The zero-order valence-corrected chi connectivity index (χ0v) is 16.3. The van der Waals surface area contributed by atoms with Crippen molar-refractivity contribution in [1.82, 2.24) is 5.01 Å². The summed E-state index contributed by atoms with van der Waals surface area (Å²) in [6.45, 7) is 0.664. The summed E-state index contributed by atoms with van der Waals surface area (Å²) in [4.78, 5) is 12.3. The fourth-order valence-electron chi connectivity index (χ4n) is 2.60. The van der Waals surface area contributed by atoms with Crippen LogP contribution >= 0.6 is 27.7 Å². The minimum absolute atomic E-state index is 0.0588. The van der Waals surface area contributed by atoms with E-state index in [1.54, 1.807) is 23.9 Å². The van der Waals surface area contributed by atoms with Crippen LogP contribution in [0.3, 0.4) is 0 Å². The molecule has 0 atom stereocenters. The number of nitrogens with zero attached hydrogens (tertiary/aromatic N) is 2. The van der Waals surface area contributed by atoms with Crippen LogP contribution in [0.4, 0.5) is 0 Å². The van der Waals surface area contributed by atoms with Gasteiger partial charge in [-0.25, -0.2) is 5.01 Å². The first-order valence-electron chi connectivity index (χ1n) is 8.01. The molecule has 1 aliphatic rings. The van der Waals surface area contributed by atoms with E-state index in [1.165, 1.54) is 0 Å². The molecule has 3 rings (SSSR count). The van der Waals surface area contributed by atoms with E-state index in [4.69, 9.17) is 4.74 Å². The lowest BCUT2D eigenvalue weighted by Gasteiger charge is -2.11. The van der Waals surface area contributed by atoms with Gasteiger partial charge in [-0.15, -0.1) is 11.8 Å². The Kier molecular flexibility index (Phi) is 6.15. The molecule has 4 nitrogen and oxygen atoms in total. The topological polar surface area (TPSA) is 41.9 Å². The second-order valence-electron chi connectivity index (χ2n) is 5.64. The van der Waals surface area contributed by atoms with Gasteiger partial charge in [0.05, 0.1) is 29.6 Å². The van der Waals surface area contributed by atoms with E-state index in [1.807, 2.05) is 48.5 Å². The lowest BCUT2D eigenvalue weighted by Crippen LogP contribution is -2.25. The molecule has 0 bridgehead atoms. The standard InChI is InChI=1S/C19H19BrN2O2S/c1-24-18-8-7-14(11-16(18)20)12-25-13-19(23)22-10-9-17(21-22)15-5-3-2-4-6-15/h2-8,11H,9-10,12-13H2,1H3. The molecular formula is C19H19BrN2O2S. The summed E-state index contributed by atoms with van der Waals surface area (Å²) in [5.41, 5.74) is 3.23. The van der Waals surface area contributed by atoms with Crippen molar-refractivity contribution in [3.8, 4) is 5.75 Å². The monoisotopic (exact) mass is 418 g/mol. The van der Waals surface area contributed by atoms with E-state index in [2.05, 4.69) is 21.0 Å². The number of hydrazone groups is 1. The van der Waals surface area contributed by atoms with Gasteiger partial charge in [0.2, 0.25) is 0 Å². The summed E-state index contributed by atoms with van der Waals surface area (Å²) >= 11 is 5.08. The molecule has 1 amide bonds. The van der Waals surface area contributed by atoms with Crippen LogP contribution in [0.5, 0.6) is 5.75 Å². The molecule has 0 saturated heterocycles. The number of halogens is 1. The Morgan fingerprint density at radius 2 is 2.08 bits per heavy atom. The highest BCUT2D eigenvalue weighted by Gasteiger charge is 2.21. The molecule has 2 aromatic rings. The Labute approximate surface area is 160 Å². The Hall–Kier alpha value is -1.79. The minimum Gasteiger partial charge on any atom is -0.496 e. The van der Waals surface area contributed by atoms with Crippen LogP contribution in [0, 0.1) is 0 Å². The van der Waals surface area contributed by atoms with Gasteiger partial charge in [-0.2, -0.15) is 5.10 Å². The van der Waals surface area contributed by atoms with Crippen LogP contribution in [0.15, 0.2) is 58.1 Å². The fourth-order valence-corrected chi connectivity index (χ4v) is 4.03. The van der Waals surface area contributed by atoms with Crippen LogP contribution in [0.1, 0.15) is 17.5 Å². The zero-order valence-electron chi connectivity index (χ0n) is 13.9. The van der Waals surface area contributed by atoms with Crippen molar-refractivity contribution in [2.75, 3.05) is 19.4 Å². The summed E-state index contributed by atoms with van der Waals surface area (Å²) in [7, 11) is 1.65. The predicted octanol–water partition coefficient (Wildman–Crippen LogP) is 4.33. The van der Waals surface area contributed by atoms with E-state index in [-0.39, 0.29) is 5.91 Å². The molecule has 0 radical (unpaired) electrons. The second-order valence-corrected chi connectivity index (χ2v) is 7.48. The summed E-state index contributed by atoms with van der Waals surface area (Å²) in [6, 6.07) is 16.0. The summed E-state index contributed by atoms with van der Waals surface area (Å²) in [5.74, 6) is 2.07. The predicted molar refractivity (Wildman–Crippen MR) is 106 cm³/mol. The molecule has 0 unspecified atom stereocenters. The fraction of sp³-hybridized carbons (Fsp3) is 0.263. The van der Waals surface area contributed by atoms with Crippen molar-refractivity contribution in [3.05, 3.63) is 64.1 Å². The summed E-state index contributed by atoms with van der Waals surface area (Å²) in [6.07, 6.45) is 0.811. The van der Waals surface area contributed by atoms with E-state index in [9.17, 15) is 4.79 Å². The summed E-state index contributed by atoms with van der Waals surface area (Å²) < 4.78 is 6.15. The van der Waals surface area contributed by atoms with Crippen LogP contribution < -0.4 is 4.74 Å². The molecule has 0 aromatic heterocycles. The maximum Gasteiger partial charge on any atom is 0.252 e. The third-order valence-electron chi connectivity index (χ3n) is 3.91. The summed E-state index contributed by atoms with van der Waals surface area (Å²) in [5, 5.41) is 6.08. The van der Waals surface area contributed by atoms with Crippen molar-refractivity contribution in [1.29, 1.82) is 0 Å². The molecule has 2 aromatic carbocycles. The van der Waals surface area contributed by atoms with Gasteiger partial charge in [0.1, 0.15) is 5.75 Å². The van der Waals surface area contributed by atoms with Gasteiger partial charge in [-0.05, 0) is 39.2 Å². The molecule has 1 heterocycles. The van der Waals surface area contributed by atoms with Gasteiger partial charge in [0.15, 0.2) is 0 Å². The maximum absolute atomic E-state index is 12.3.